The summed E-state index contributed by atoms with van der Waals surface area (Å²) in [5.74, 6) is 7.76. The van der Waals surface area contributed by atoms with Crippen molar-refractivity contribution in [1.82, 2.24) is 15.0 Å². The summed E-state index contributed by atoms with van der Waals surface area (Å²) in [6.45, 7) is 5.30. The van der Waals surface area contributed by atoms with E-state index >= 15 is 0 Å². The number of hydrogen-bond acceptors (Lipinski definition) is 12. The Morgan fingerprint density at radius 1 is 0.253 bits per heavy atom. The van der Waals surface area contributed by atoms with E-state index in [0.29, 0.717) is 0 Å². The molecule has 0 aliphatic carbocycles. The molecular weight excluding hydrogens is 1630 g/mol. The number of anilines is 3. The Bertz CT molecular complexity index is 2240. The van der Waals surface area contributed by atoms with Crippen molar-refractivity contribution < 1.29 is 28.4 Å². The molecule has 0 radical (unpaired) electrons. The third-order valence-electron chi connectivity index (χ3n) is 11.6. The monoisotopic (exact) mass is 1710 g/mol. The van der Waals surface area contributed by atoms with Crippen LogP contribution in [0.4, 0.5) is 17.8 Å². The molecule has 18 heteroatoms. The van der Waals surface area contributed by atoms with Crippen molar-refractivity contribution >= 4 is 165 Å². The Morgan fingerprint density at radius 2 is 0.400 bits per heavy atom. The van der Waals surface area contributed by atoms with Crippen LogP contribution in [0.15, 0.2) is 146 Å². The van der Waals surface area contributed by atoms with Gasteiger partial charge in [0.15, 0.2) is 0 Å². The molecule has 396 valence electrons. The van der Waals surface area contributed by atoms with Crippen LogP contribution in [0.25, 0.3) is 0 Å². The molecule has 7 aromatic rings. The van der Waals surface area contributed by atoms with E-state index in [0.717, 1.165) is 118 Å². The first-order valence-electron chi connectivity index (χ1n) is 24.5. The topological polar surface area (TPSA) is 104 Å². The van der Waals surface area contributed by atoms with Gasteiger partial charge in [0.1, 0.15) is 0 Å². The van der Waals surface area contributed by atoms with Gasteiger partial charge in [-0.15, -0.1) is 0 Å². The van der Waals surface area contributed by atoms with Crippen LogP contribution in [0, 0.1) is 0 Å². The first-order valence-corrected chi connectivity index (χ1v) is 41.3. The quantitative estimate of drug-likeness (QED) is 0.0517. The Hall–Kier alpha value is -2.73. The molecule has 0 amide bonds. The van der Waals surface area contributed by atoms with Gasteiger partial charge in [0.2, 0.25) is 0 Å². The third kappa shape index (κ3) is 20.5. The predicted molar refractivity (Wildman–Crippen MR) is 316 cm³/mol. The fraction of sp³-hybridized carbons (Fsp3) is 0.316. The van der Waals surface area contributed by atoms with Gasteiger partial charge in [0.25, 0.3) is 0 Å². The van der Waals surface area contributed by atoms with Crippen LogP contribution in [0.3, 0.4) is 0 Å². The van der Waals surface area contributed by atoms with E-state index in [4.69, 9.17) is 43.4 Å². The fourth-order valence-corrected chi connectivity index (χ4v) is 22.4. The molecule has 0 fully saturated rings. The first kappa shape index (κ1) is 59.9. The van der Waals surface area contributed by atoms with Crippen LogP contribution >= 0.6 is 0 Å². The molecule has 12 nitrogen and oxygen atoms in total. The summed E-state index contributed by atoms with van der Waals surface area (Å²) in [5, 5.41) is 0. The van der Waals surface area contributed by atoms with Gasteiger partial charge in [-0.05, 0) is 0 Å². The number of nitrogens with zero attached hydrogens (tertiary/aromatic N) is 6. The summed E-state index contributed by atoms with van der Waals surface area (Å²) in [6, 6.07) is 52.0. The Labute approximate surface area is 505 Å². The molecule has 0 saturated heterocycles. The summed E-state index contributed by atoms with van der Waals surface area (Å²) in [7, 11) is 10.4. The molecule has 75 heavy (non-hydrogen) atoms. The number of benzene rings is 6. The van der Waals surface area contributed by atoms with Crippen molar-refractivity contribution in [2.24, 2.45) is 0 Å². The van der Waals surface area contributed by atoms with Crippen molar-refractivity contribution in [2.45, 2.75) is 26.8 Å². The maximum absolute atomic E-state index is 5.59. The van der Waals surface area contributed by atoms with E-state index in [1.807, 2.05) is 0 Å². The molecule has 0 atom stereocenters. The van der Waals surface area contributed by atoms with Crippen LogP contribution in [-0.4, -0.2) is 222 Å². The van der Waals surface area contributed by atoms with Gasteiger partial charge in [0.05, 0.1) is 0 Å². The molecule has 7 rings (SSSR count). The number of hydrogen-bond donors (Lipinski definition) is 0. The molecule has 0 aliphatic rings. The fourth-order valence-electron chi connectivity index (χ4n) is 7.38. The summed E-state index contributed by atoms with van der Waals surface area (Å²) in [5.41, 5.74) is 0. The summed E-state index contributed by atoms with van der Waals surface area (Å²) < 4.78 is 48.1. The molecule has 1 aromatic heterocycles. The number of rotatable bonds is 33. The molecule has 0 unspecified atom stereocenters. The van der Waals surface area contributed by atoms with E-state index in [9.17, 15) is 0 Å². The maximum atomic E-state index is 5.59. The molecule has 0 spiro atoms. The number of aromatic nitrogens is 3. The summed E-state index contributed by atoms with van der Waals surface area (Å²) >= 11 is -2.93. The second kappa shape index (κ2) is 33.6. The van der Waals surface area contributed by atoms with Gasteiger partial charge in [0, 0.05) is 0 Å². The summed E-state index contributed by atoms with van der Waals surface area (Å²) in [4.78, 5) is 24.3. The summed E-state index contributed by atoms with van der Waals surface area (Å²) in [6.07, 6.45) is 0. The molecule has 0 N–H and O–H groups in total. The van der Waals surface area contributed by atoms with Crippen molar-refractivity contribution in [3.63, 3.8) is 0 Å². The Balaban J connectivity index is 1.24. The minimum atomic E-state index is -0.489. The van der Waals surface area contributed by atoms with Crippen LogP contribution in [0.2, 0.25) is 26.8 Å². The first-order chi connectivity index (χ1) is 36.8. The predicted octanol–water partition coefficient (Wildman–Crippen LogP) is 5.03. The second-order valence-electron chi connectivity index (χ2n) is 16.3. The Morgan fingerprint density at radius 3 is 0.533 bits per heavy atom. The molecule has 6 aromatic carbocycles. The molecular formula is C57H66N6O6Te6. The van der Waals surface area contributed by atoms with Crippen LogP contribution in [-0.2, 0) is 0 Å². The van der Waals surface area contributed by atoms with Gasteiger partial charge in [-0.2, -0.15) is 0 Å². The average Bonchev–Trinajstić information content (AvgIpc) is 3.46. The van der Waals surface area contributed by atoms with Gasteiger partial charge in [-0.3, -0.25) is 0 Å². The van der Waals surface area contributed by atoms with Crippen LogP contribution in [0.5, 0.6) is 34.5 Å². The normalized spacial score (nSPS) is 11.0. The second-order valence-corrected chi connectivity index (χ2v) is 36.3. The van der Waals surface area contributed by atoms with E-state index in [2.05, 4.69) is 160 Å². The van der Waals surface area contributed by atoms with E-state index in [-0.39, 0.29) is 0 Å². The van der Waals surface area contributed by atoms with Gasteiger partial charge < -0.3 is 0 Å². The molecule has 1 heterocycles. The van der Waals surface area contributed by atoms with Gasteiger partial charge in [-0.1, -0.05) is 0 Å². The van der Waals surface area contributed by atoms with Crippen molar-refractivity contribution in [3.05, 3.63) is 146 Å². The standard InChI is InChI=1S/C57H66N6O6Te6/c1-64-43-7-19-49(20-8-43)70-37-31-61(32-38-71-50-21-9-44(65-2)10-22-50)55-58-56(62(33-39-72-51-23-11-45(66-3)12-24-51)34-40-73-52-25-13-46(67-4)14-26-52)60-57(59-55)63(35-41-74-53-27-15-47(68-5)16-28-53)36-42-75-54-29-17-48(69-6)18-30-54/h7-30H,31-42H2,1-6H3. The van der Waals surface area contributed by atoms with Crippen LogP contribution in [0.1, 0.15) is 0 Å². The van der Waals surface area contributed by atoms with E-state index in [1.54, 1.807) is 42.7 Å². The van der Waals surface area contributed by atoms with E-state index in [1.165, 1.54) is 21.7 Å². The zero-order valence-electron chi connectivity index (χ0n) is 43.4. The zero-order chi connectivity index (χ0) is 52.5. The van der Waals surface area contributed by atoms with Crippen molar-refractivity contribution in [1.29, 1.82) is 0 Å². The Kier molecular flexibility index (Phi) is 26.9. The number of ether oxygens (including phenoxy) is 6. The number of methoxy groups -OCH3 is 6. The molecule has 0 bridgehead atoms. The molecule has 0 aliphatic heterocycles. The third-order valence-corrected chi connectivity index (χ3v) is 28.6. The zero-order valence-corrected chi connectivity index (χ0v) is 57.4. The average molecular weight is 1700 g/mol. The molecule has 0 saturated carbocycles. The minimum absolute atomic E-state index is 0.489. The van der Waals surface area contributed by atoms with Gasteiger partial charge >= 0.3 is 512 Å². The van der Waals surface area contributed by atoms with Gasteiger partial charge in [-0.25, -0.2) is 0 Å². The SMILES string of the molecule is COc1ccc([Te]CCN(CC[Te]c2ccc(OC)cc2)c2nc(N(CC[Te]c3ccc(OC)cc3)CC[Te]c3ccc(OC)cc3)nc(N(CC[Te]c3ccc(OC)cc3)CC[Te]c3ccc(OC)cc3)n2)cc1. The van der Waals surface area contributed by atoms with E-state index < -0.39 is 126 Å². The van der Waals surface area contributed by atoms with Crippen molar-refractivity contribution in [3.8, 4) is 34.5 Å². The van der Waals surface area contributed by atoms with Crippen molar-refractivity contribution in [2.75, 3.05) is 96.6 Å². The van der Waals surface area contributed by atoms with Crippen LogP contribution < -0.4 is 64.8 Å².